The van der Waals surface area contributed by atoms with Crippen LogP contribution in [0.5, 0.6) is 0 Å². The van der Waals surface area contributed by atoms with Gasteiger partial charge in [-0.3, -0.25) is 4.79 Å². The van der Waals surface area contributed by atoms with Crippen molar-refractivity contribution in [1.29, 1.82) is 0 Å². The van der Waals surface area contributed by atoms with Crippen molar-refractivity contribution in [3.05, 3.63) is 33.8 Å². The first-order chi connectivity index (χ1) is 8.65. The summed E-state index contributed by atoms with van der Waals surface area (Å²) in [4.78, 5) is 14.1. The topological polar surface area (TPSA) is 40.5 Å². The van der Waals surface area contributed by atoms with Crippen LogP contribution in [-0.4, -0.2) is 35.6 Å². The predicted molar refractivity (Wildman–Crippen MR) is 74.4 cm³/mol. The number of carbonyl (C=O) groups excluding carboxylic acids is 1. The van der Waals surface area contributed by atoms with E-state index in [-0.39, 0.29) is 18.4 Å². The highest BCUT2D eigenvalue weighted by Crippen LogP contribution is 2.30. The standard InChI is InChI=1S/C14H18BrNO2/c1-2-16(5-6-17)14(18)12-7-10-3-4-13(15)9-11(10)8-12/h3-4,9,12,17H,2,5-8H2,1H3. The molecule has 2 rings (SSSR count). The molecule has 1 amide bonds. The van der Waals surface area contributed by atoms with Gasteiger partial charge in [-0.1, -0.05) is 22.0 Å². The number of hydrogen-bond donors (Lipinski definition) is 1. The van der Waals surface area contributed by atoms with Gasteiger partial charge in [0, 0.05) is 23.5 Å². The molecule has 1 aliphatic rings. The Morgan fingerprint density at radius 1 is 1.44 bits per heavy atom. The zero-order valence-electron chi connectivity index (χ0n) is 10.5. The quantitative estimate of drug-likeness (QED) is 0.924. The van der Waals surface area contributed by atoms with Gasteiger partial charge in [-0.25, -0.2) is 0 Å². The minimum absolute atomic E-state index is 0.0325. The Morgan fingerprint density at radius 2 is 2.17 bits per heavy atom. The van der Waals surface area contributed by atoms with Crippen molar-refractivity contribution >= 4 is 21.8 Å². The highest BCUT2D eigenvalue weighted by atomic mass is 79.9. The molecular weight excluding hydrogens is 294 g/mol. The van der Waals surface area contributed by atoms with E-state index in [0.717, 1.165) is 17.3 Å². The molecule has 0 bridgehead atoms. The molecule has 0 fully saturated rings. The number of aliphatic hydroxyl groups excluding tert-OH is 1. The van der Waals surface area contributed by atoms with Crippen LogP contribution < -0.4 is 0 Å². The van der Waals surface area contributed by atoms with E-state index in [1.165, 1.54) is 11.1 Å². The molecule has 1 aromatic carbocycles. The van der Waals surface area contributed by atoms with Crippen molar-refractivity contribution in [2.75, 3.05) is 19.7 Å². The van der Waals surface area contributed by atoms with Gasteiger partial charge in [0.05, 0.1) is 6.61 Å². The lowest BCUT2D eigenvalue weighted by Crippen LogP contribution is -2.38. The molecule has 0 aliphatic heterocycles. The first-order valence-electron chi connectivity index (χ1n) is 6.32. The van der Waals surface area contributed by atoms with Crippen molar-refractivity contribution < 1.29 is 9.90 Å². The largest absolute Gasteiger partial charge is 0.395 e. The molecular formula is C14H18BrNO2. The van der Waals surface area contributed by atoms with E-state index in [4.69, 9.17) is 5.11 Å². The van der Waals surface area contributed by atoms with Gasteiger partial charge in [0.25, 0.3) is 0 Å². The second kappa shape index (κ2) is 5.85. The van der Waals surface area contributed by atoms with Crippen LogP contribution in [-0.2, 0) is 17.6 Å². The fourth-order valence-corrected chi connectivity index (χ4v) is 2.97. The highest BCUT2D eigenvalue weighted by molar-refractivity contribution is 9.10. The second-order valence-corrected chi connectivity index (χ2v) is 5.58. The molecule has 0 spiro atoms. The smallest absolute Gasteiger partial charge is 0.226 e. The normalized spacial score (nSPS) is 17.6. The third kappa shape index (κ3) is 2.75. The zero-order chi connectivity index (χ0) is 13.1. The number of aliphatic hydroxyl groups is 1. The first kappa shape index (κ1) is 13.6. The van der Waals surface area contributed by atoms with Gasteiger partial charge in [-0.05, 0) is 43.0 Å². The molecule has 0 heterocycles. The Balaban J connectivity index is 2.08. The van der Waals surface area contributed by atoms with Crippen LogP contribution >= 0.6 is 15.9 Å². The van der Waals surface area contributed by atoms with Crippen LogP contribution in [0.4, 0.5) is 0 Å². The lowest BCUT2D eigenvalue weighted by Gasteiger charge is -2.23. The van der Waals surface area contributed by atoms with Gasteiger partial charge in [0.2, 0.25) is 5.91 Å². The van der Waals surface area contributed by atoms with E-state index < -0.39 is 0 Å². The van der Waals surface area contributed by atoms with E-state index in [1.54, 1.807) is 4.90 Å². The summed E-state index contributed by atoms with van der Waals surface area (Å²) in [5.74, 6) is 0.208. The molecule has 1 unspecified atom stereocenters. The molecule has 18 heavy (non-hydrogen) atoms. The van der Waals surface area contributed by atoms with E-state index >= 15 is 0 Å². The molecule has 0 saturated heterocycles. The van der Waals surface area contributed by atoms with Crippen LogP contribution in [0.15, 0.2) is 22.7 Å². The molecule has 0 radical (unpaired) electrons. The maximum atomic E-state index is 12.3. The van der Waals surface area contributed by atoms with E-state index in [1.807, 2.05) is 13.0 Å². The first-order valence-corrected chi connectivity index (χ1v) is 7.12. The number of hydrogen-bond acceptors (Lipinski definition) is 2. The van der Waals surface area contributed by atoms with E-state index in [0.29, 0.717) is 13.1 Å². The Labute approximate surface area is 116 Å². The molecule has 98 valence electrons. The van der Waals surface area contributed by atoms with Gasteiger partial charge >= 0.3 is 0 Å². The molecule has 1 N–H and O–H groups in total. The van der Waals surface area contributed by atoms with Crippen LogP contribution in [0, 0.1) is 5.92 Å². The number of fused-ring (bicyclic) bond motifs is 1. The summed E-state index contributed by atoms with van der Waals surface area (Å²) in [7, 11) is 0. The van der Waals surface area contributed by atoms with E-state index in [9.17, 15) is 4.79 Å². The number of nitrogens with zero attached hydrogens (tertiary/aromatic N) is 1. The second-order valence-electron chi connectivity index (χ2n) is 4.66. The molecule has 1 aromatic rings. The number of likely N-dealkylation sites (N-methyl/N-ethyl adjacent to an activating group) is 1. The van der Waals surface area contributed by atoms with Crippen molar-refractivity contribution in [2.45, 2.75) is 19.8 Å². The van der Waals surface area contributed by atoms with Crippen LogP contribution in [0.1, 0.15) is 18.1 Å². The Hall–Kier alpha value is -0.870. The molecule has 1 aliphatic carbocycles. The predicted octanol–water partition coefficient (Wildman–Crippen LogP) is 2.00. The molecule has 0 aromatic heterocycles. The zero-order valence-corrected chi connectivity index (χ0v) is 12.1. The van der Waals surface area contributed by atoms with Crippen LogP contribution in [0.2, 0.25) is 0 Å². The van der Waals surface area contributed by atoms with Gasteiger partial charge in [0.15, 0.2) is 0 Å². The van der Waals surface area contributed by atoms with Gasteiger partial charge in [0.1, 0.15) is 0 Å². The van der Waals surface area contributed by atoms with E-state index in [2.05, 4.69) is 28.1 Å². The maximum Gasteiger partial charge on any atom is 0.226 e. The SMILES string of the molecule is CCN(CCO)C(=O)C1Cc2ccc(Br)cc2C1. The fourth-order valence-electron chi connectivity index (χ4n) is 2.56. The molecule has 3 nitrogen and oxygen atoms in total. The number of carbonyl (C=O) groups is 1. The van der Waals surface area contributed by atoms with Crippen molar-refractivity contribution in [1.82, 2.24) is 4.90 Å². The Morgan fingerprint density at radius 3 is 2.83 bits per heavy atom. The molecule has 0 saturated carbocycles. The lowest BCUT2D eigenvalue weighted by molar-refractivity contribution is -0.135. The van der Waals surface area contributed by atoms with Crippen molar-refractivity contribution in [2.24, 2.45) is 5.92 Å². The molecule has 1 atom stereocenters. The Bertz CT molecular complexity index is 447. The monoisotopic (exact) mass is 311 g/mol. The van der Waals surface area contributed by atoms with Crippen molar-refractivity contribution in [3.8, 4) is 0 Å². The number of amides is 1. The summed E-state index contributed by atoms with van der Waals surface area (Å²) in [5.41, 5.74) is 2.54. The average molecular weight is 312 g/mol. The lowest BCUT2D eigenvalue weighted by atomic mass is 10.0. The number of halogens is 1. The Kier molecular flexibility index (Phi) is 4.40. The van der Waals surface area contributed by atoms with Gasteiger partial charge in [-0.2, -0.15) is 0 Å². The highest BCUT2D eigenvalue weighted by Gasteiger charge is 2.29. The minimum atomic E-state index is 0.0325. The van der Waals surface area contributed by atoms with Crippen molar-refractivity contribution in [3.63, 3.8) is 0 Å². The van der Waals surface area contributed by atoms with Gasteiger partial charge in [-0.15, -0.1) is 0 Å². The summed E-state index contributed by atoms with van der Waals surface area (Å²) >= 11 is 3.46. The van der Waals surface area contributed by atoms with Crippen LogP contribution in [0.3, 0.4) is 0 Å². The average Bonchev–Trinajstić information content (AvgIpc) is 2.77. The summed E-state index contributed by atoms with van der Waals surface area (Å²) in [6, 6.07) is 6.22. The fraction of sp³-hybridized carbons (Fsp3) is 0.500. The van der Waals surface area contributed by atoms with Crippen LogP contribution in [0.25, 0.3) is 0 Å². The third-order valence-electron chi connectivity index (χ3n) is 3.51. The summed E-state index contributed by atoms with van der Waals surface area (Å²) < 4.78 is 1.07. The summed E-state index contributed by atoms with van der Waals surface area (Å²) in [6.45, 7) is 3.08. The summed E-state index contributed by atoms with van der Waals surface area (Å²) in [6.07, 6.45) is 1.64. The van der Waals surface area contributed by atoms with Gasteiger partial charge < -0.3 is 10.0 Å². The molecule has 4 heteroatoms. The summed E-state index contributed by atoms with van der Waals surface area (Å²) in [5, 5.41) is 8.97. The maximum absolute atomic E-state index is 12.3. The number of benzene rings is 1. The minimum Gasteiger partial charge on any atom is -0.395 e. The third-order valence-corrected chi connectivity index (χ3v) is 4.01. The number of rotatable bonds is 4.